The van der Waals surface area contributed by atoms with Gasteiger partial charge in [-0.1, -0.05) is 262 Å². The van der Waals surface area contributed by atoms with Crippen LogP contribution in [-0.4, -0.2) is 46.9 Å². The predicted octanol–water partition coefficient (Wildman–Crippen LogP) is 17.4. The highest BCUT2D eigenvalue weighted by Crippen LogP contribution is 2.19. The Morgan fingerprint density at radius 2 is 0.831 bits per heavy atom. The van der Waals surface area contributed by atoms with E-state index in [1.807, 2.05) is 0 Å². The van der Waals surface area contributed by atoms with Gasteiger partial charge >= 0.3 is 5.97 Å². The fraction of sp³-hybridized carbons (Fsp3) is 0.831. The van der Waals surface area contributed by atoms with Gasteiger partial charge in [-0.2, -0.15) is 0 Å². The summed E-state index contributed by atoms with van der Waals surface area (Å²) in [5, 5.41) is 23.9. The smallest absolute Gasteiger partial charge is 0.306 e. The molecule has 0 aliphatic rings. The van der Waals surface area contributed by atoms with Crippen molar-refractivity contribution in [2.75, 3.05) is 6.61 Å². The minimum atomic E-state index is -0.792. The first kappa shape index (κ1) is 62.8. The third-order valence-corrected chi connectivity index (χ3v) is 12.9. The molecule has 3 atom stereocenters. The molecule has 380 valence electrons. The van der Waals surface area contributed by atoms with Gasteiger partial charge < -0.3 is 20.3 Å². The summed E-state index contributed by atoms with van der Waals surface area (Å²) in [7, 11) is 0. The summed E-state index contributed by atoms with van der Waals surface area (Å²) in [5.41, 5.74) is 0. The first-order valence-electron chi connectivity index (χ1n) is 28.4. The number of esters is 1. The normalized spacial score (nSPS) is 13.5. The highest BCUT2D eigenvalue weighted by Gasteiger charge is 2.24. The molecule has 0 saturated carbocycles. The molecule has 3 N–H and O–H groups in total. The van der Waals surface area contributed by atoms with E-state index in [1.54, 1.807) is 0 Å². The first-order chi connectivity index (χ1) is 32.0. The molecule has 0 bridgehead atoms. The lowest BCUT2D eigenvalue weighted by Gasteiger charge is -2.24. The molecule has 0 fully saturated rings. The van der Waals surface area contributed by atoms with Gasteiger partial charge in [0, 0.05) is 6.42 Å². The molecule has 3 unspecified atom stereocenters. The molecule has 0 rings (SSSR count). The van der Waals surface area contributed by atoms with E-state index in [0.29, 0.717) is 19.3 Å². The largest absolute Gasteiger partial charge is 0.462 e. The van der Waals surface area contributed by atoms with E-state index in [1.165, 1.54) is 161 Å². The standard InChI is InChI=1S/C59H109NO5/c1-4-7-10-13-16-19-22-25-28-30-32-35-38-41-44-47-50-55(65-59(64)52-49-46-43-40-37-34-31-29-26-23-20-17-14-11-8-5-2)53-58(63)60-56(54-61)57(62)51-48-45-42-39-36-33-27-24-21-18-15-12-9-6-3/h8,11,17,20,26,29,34,37,55-57,61-62H,4-7,9-10,12-16,18-19,21-25,27-28,30-33,35-36,38-54H2,1-3H3,(H,60,63)/b11-8+,20-17+,29-26+,37-34+. The van der Waals surface area contributed by atoms with Gasteiger partial charge in [0.1, 0.15) is 6.10 Å². The Hall–Kier alpha value is -2.18. The SMILES string of the molecule is CC/C=C/C/C=C/C/C=C/C/C=C/CCCCCC(=O)OC(CCCCCCCCCCCCCCCCCC)CC(=O)NC(CO)C(O)CCCCCCCCCCCCCCCC. The molecule has 65 heavy (non-hydrogen) atoms. The molecular weight excluding hydrogens is 803 g/mol. The zero-order valence-electron chi connectivity index (χ0n) is 43.4. The lowest BCUT2D eigenvalue weighted by molar-refractivity contribution is -0.151. The zero-order valence-corrected chi connectivity index (χ0v) is 43.4. The van der Waals surface area contributed by atoms with Crippen molar-refractivity contribution in [3.63, 3.8) is 0 Å². The van der Waals surface area contributed by atoms with Crippen molar-refractivity contribution < 1.29 is 24.5 Å². The molecule has 0 aromatic heterocycles. The van der Waals surface area contributed by atoms with Crippen molar-refractivity contribution in [1.29, 1.82) is 0 Å². The maximum atomic E-state index is 13.3. The topological polar surface area (TPSA) is 95.9 Å². The Kier molecular flexibility index (Phi) is 51.0. The molecule has 0 aliphatic heterocycles. The highest BCUT2D eigenvalue weighted by molar-refractivity contribution is 5.77. The van der Waals surface area contributed by atoms with Crippen molar-refractivity contribution >= 4 is 11.9 Å². The second kappa shape index (κ2) is 52.8. The van der Waals surface area contributed by atoms with Crippen molar-refractivity contribution in [3.8, 4) is 0 Å². The fourth-order valence-electron chi connectivity index (χ4n) is 8.66. The molecule has 6 nitrogen and oxygen atoms in total. The molecule has 0 spiro atoms. The summed E-state index contributed by atoms with van der Waals surface area (Å²) < 4.78 is 5.95. The number of ether oxygens (including phenoxy) is 1. The first-order valence-corrected chi connectivity index (χ1v) is 28.4. The van der Waals surface area contributed by atoms with Gasteiger partial charge in [-0.05, 0) is 64.2 Å². The summed E-state index contributed by atoms with van der Waals surface area (Å²) in [5.74, 6) is -0.497. The molecule has 0 aliphatic carbocycles. The van der Waals surface area contributed by atoms with Crippen LogP contribution in [0.2, 0.25) is 0 Å². The summed E-state index contributed by atoms with van der Waals surface area (Å²) >= 11 is 0. The van der Waals surface area contributed by atoms with Crippen molar-refractivity contribution in [2.24, 2.45) is 0 Å². The average molecular weight is 913 g/mol. The van der Waals surface area contributed by atoms with E-state index in [2.05, 4.69) is 74.7 Å². The maximum Gasteiger partial charge on any atom is 0.306 e. The van der Waals surface area contributed by atoms with Crippen LogP contribution in [0.5, 0.6) is 0 Å². The van der Waals surface area contributed by atoms with Gasteiger partial charge in [0.25, 0.3) is 0 Å². The number of aliphatic hydroxyl groups excluding tert-OH is 2. The monoisotopic (exact) mass is 912 g/mol. The van der Waals surface area contributed by atoms with Crippen LogP contribution in [0.1, 0.15) is 290 Å². The van der Waals surface area contributed by atoms with E-state index in [0.717, 1.165) is 83.5 Å². The van der Waals surface area contributed by atoms with Crippen LogP contribution in [0.3, 0.4) is 0 Å². The van der Waals surface area contributed by atoms with Crippen LogP contribution in [0.4, 0.5) is 0 Å². The van der Waals surface area contributed by atoms with Gasteiger partial charge in [0.15, 0.2) is 0 Å². The van der Waals surface area contributed by atoms with Gasteiger partial charge in [0.2, 0.25) is 5.91 Å². The number of amides is 1. The Bertz CT molecular complexity index is 1110. The van der Waals surface area contributed by atoms with Gasteiger partial charge in [-0.15, -0.1) is 0 Å². The molecule has 0 heterocycles. The molecule has 0 radical (unpaired) electrons. The minimum absolute atomic E-state index is 0.0678. The van der Waals surface area contributed by atoms with Crippen LogP contribution in [-0.2, 0) is 14.3 Å². The summed E-state index contributed by atoms with van der Waals surface area (Å²) in [6.07, 6.45) is 64.6. The van der Waals surface area contributed by atoms with E-state index in [-0.39, 0.29) is 24.9 Å². The number of rotatable bonds is 51. The molecule has 1 amide bonds. The van der Waals surface area contributed by atoms with Gasteiger partial charge in [-0.3, -0.25) is 9.59 Å². The molecule has 0 aromatic rings. The van der Waals surface area contributed by atoms with Crippen LogP contribution in [0, 0.1) is 0 Å². The Labute approximate surface area is 404 Å². The maximum absolute atomic E-state index is 13.3. The van der Waals surface area contributed by atoms with Crippen molar-refractivity contribution in [1.82, 2.24) is 5.32 Å². The number of aliphatic hydroxyl groups is 2. The van der Waals surface area contributed by atoms with E-state index >= 15 is 0 Å². The number of carbonyl (C=O) groups is 2. The van der Waals surface area contributed by atoms with E-state index in [9.17, 15) is 19.8 Å². The van der Waals surface area contributed by atoms with E-state index in [4.69, 9.17) is 4.74 Å². The van der Waals surface area contributed by atoms with Gasteiger partial charge in [-0.25, -0.2) is 0 Å². The third-order valence-electron chi connectivity index (χ3n) is 12.9. The van der Waals surface area contributed by atoms with Crippen LogP contribution < -0.4 is 5.32 Å². The third kappa shape index (κ3) is 48.1. The quantitative estimate of drug-likeness (QED) is 0.0321. The van der Waals surface area contributed by atoms with Gasteiger partial charge in [0.05, 0.1) is 25.2 Å². The summed E-state index contributed by atoms with van der Waals surface area (Å²) in [4.78, 5) is 26.2. The van der Waals surface area contributed by atoms with Crippen LogP contribution in [0.15, 0.2) is 48.6 Å². The number of carbonyl (C=O) groups excluding carboxylic acids is 2. The predicted molar refractivity (Wildman–Crippen MR) is 282 cm³/mol. The Morgan fingerprint density at radius 1 is 0.462 bits per heavy atom. The Balaban J connectivity index is 4.60. The second-order valence-corrected chi connectivity index (χ2v) is 19.3. The van der Waals surface area contributed by atoms with Crippen LogP contribution >= 0.6 is 0 Å². The molecule has 0 saturated heterocycles. The number of allylic oxidation sites excluding steroid dienone is 8. The van der Waals surface area contributed by atoms with E-state index < -0.39 is 18.2 Å². The number of hydrogen-bond donors (Lipinski definition) is 3. The highest BCUT2D eigenvalue weighted by atomic mass is 16.5. The average Bonchev–Trinajstić information content (AvgIpc) is 3.30. The molecule has 6 heteroatoms. The number of unbranched alkanes of at least 4 members (excludes halogenated alkanes) is 31. The zero-order chi connectivity index (χ0) is 47.4. The summed E-state index contributed by atoms with van der Waals surface area (Å²) in [6.45, 7) is 6.39. The van der Waals surface area contributed by atoms with Crippen molar-refractivity contribution in [2.45, 2.75) is 309 Å². The lowest BCUT2D eigenvalue weighted by Crippen LogP contribution is -2.46. The van der Waals surface area contributed by atoms with Crippen molar-refractivity contribution in [3.05, 3.63) is 48.6 Å². The molecule has 0 aromatic carbocycles. The summed E-state index contributed by atoms with van der Waals surface area (Å²) in [6, 6.07) is -0.707. The van der Waals surface area contributed by atoms with Crippen LogP contribution in [0.25, 0.3) is 0 Å². The number of hydrogen-bond acceptors (Lipinski definition) is 5. The fourth-order valence-corrected chi connectivity index (χ4v) is 8.66. The Morgan fingerprint density at radius 3 is 1.25 bits per heavy atom. The lowest BCUT2D eigenvalue weighted by atomic mass is 10.0. The second-order valence-electron chi connectivity index (χ2n) is 19.3. The minimum Gasteiger partial charge on any atom is -0.462 e. The molecular formula is C59H109NO5. The number of nitrogens with one attached hydrogen (secondary N) is 1.